The van der Waals surface area contributed by atoms with E-state index in [9.17, 15) is 8.42 Å². The number of anilines is 1. The molecule has 0 heterocycles. The molecule has 0 aliphatic carbocycles. The zero-order chi connectivity index (χ0) is 14.8. The van der Waals surface area contributed by atoms with Gasteiger partial charge in [0.05, 0.1) is 11.5 Å². The number of benzene rings is 2. The highest BCUT2D eigenvalue weighted by atomic mass is 79.9. The number of halogens is 1. The Morgan fingerprint density at radius 2 is 1.60 bits per heavy atom. The van der Waals surface area contributed by atoms with Gasteiger partial charge in [-0.05, 0) is 45.6 Å². The van der Waals surface area contributed by atoms with Crippen molar-refractivity contribution in [2.45, 2.75) is 18.4 Å². The fourth-order valence-electron chi connectivity index (χ4n) is 2.01. The molecule has 0 saturated carbocycles. The van der Waals surface area contributed by atoms with Crippen molar-refractivity contribution in [3.63, 3.8) is 0 Å². The van der Waals surface area contributed by atoms with Crippen molar-refractivity contribution in [3.8, 4) is 0 Å². The molecule has 0 aliphatic rings. The SMILES string of the molecule is Cc1ccccc1CS(=O)(=O)Cc1cccc(N)c1Br. The van der Waals surface area contributed by atoms with Crippen molar-refractivity contribution in [1.82, 2.24) is 0 Å². The number of nitrogens with two attached hydrogens (primary N) is 1. The van der Waals surface area contributed by atoms with Crippen LogP contribution in [0.1, 0.15) is 16.7 Å². The molecule has 2 rings (SSSR count). The molecule has 2 aromatic carbocycles. The Kier molecular flexibility index (Phi) is 4.50. The van der Waals surface area contributed by atoms with Crippen LogP contribution < -0.4 is 5.73 Å². The molecule has 0 saturated heterocycles. The van der Waals surface area contributed by atoms with Gasteiger partial charge in [-0.15, -0.1) is 0 Å². The van der Waals surface area contributed by atoms with E-state index in [2.05, 4.69) is 15.9 Å². The van der Waals surface area contributed by atoms with Crippen molar-refractivity contribution in [1.29, 1.82) is 0 Å². The van der Waals surface area contributed by atoms with Gasteiger partial charge in [-0.3, -0.25) is 0 Å². The first kappa shape index (κ1) is 15.1. The van der Waals surface area contributed by atoms with Crippen molar-refractivity contribution < 1.29 is 8.42 Å². The van der Waals surface area contributed by atoms with Gasteiger partial charge in [0.25, 0.3) is 0 Å². The second-order valence-corrected chi connectivity index (χ2v) is 7.64. The van der Waals surface area contributed by atoms with Crippen LogP contribution in [-0.4, -0.2) is 8.42 Å². The Morgan fingerprint density at radius 1 is 1.00 bits per heavy atom. The number of hydrogen-bond acceptors (Lipinski definition) is 3. The van der Waals surface area contributed by atoms with Gasteiger partial charge >= 0.3 is 0 Å². The first-order valence-electron chi connectivity index (χ1n) is 6.17. The maximum atomic E-state index is 12.3. The van der Waals surface area contributed by atoms with Crippen LogP contribution in [0.3, 0.4) is 0 Å². The van der Waals surface area contributed by atoms with Crippen LogP contribution in [-0.2, 0) is 21.3 Å². The fraction of sp³-hybridized carbons (Fsp3) is 0.200. The standard InChI is InChI=1S/C15H16BrNO2S/c1-11-5-2-3-6-12(11)9-20(18,19)10-13-7-4-8-14(17)15(13)16/h2-8H,9-10,17H2,1H3. The molecule has 2 aromatic rings. The summed E-state index contributed by atoms with van der Waals surface area (Å²) < 4.78 is 25.3. The third-order valence-corrected chi connectivity index (χ3v) is 5.59. The molecule has 0 aromatic heterocycles. The van der Waals surface area contributed by atoms with Crippen LogP contribution in [0.15, 0.2) is 46.9 Å². The molecule has 0 fully saturated rings. The van der Waals surface area contributed by atoms with Crippen LogP contribution in [0.25, 0.3) is 0 Å². The average Bonchev–Trinajstić information content (AvgIpc) is 2.37. The largest absolute Gasteiger partial charge is 0.398 e. The maximum Gasteiger partial charge on any atom is 0.158 e. The van der Waals surface area contributed by atoms with Crippen molar-refractivity contribution in [3.05, 3.63) is 63.6 Å². The molecule has 3 nitrogen and oxygen atoms in total. The Bertz CT molecular complexity index is 726. The number of nitrogen functional groups attached to an aromatic ring is 1. The summed E-state index contributed by atoms with van der Waals surface area (Å²) in [6.45, 7) is 1.92. The summed E-state index contributed by atoms with van der Waals surface area (Å²) in [5.41, 5.74) is 8.85. The van der Waals surface area contributed by atoms with E-state index in [-0.39, 0.29) is 11.5 Å². The Morgan fingerprint density at radius 3 is 2.30 bits per heavy atom. The molecular weight excluding hydrogens is 338 g/mol. The first-order valence-corrected chi connectivity index (χ1v) is 8.78. The van der Waals surface area contributed by atoms with E-state index in [1.807, 2.05) is 31.2 Å². The highest BCUT2D eigenvalue weighted by Crippen LogP contribution is 2.26. The molecule has 0 bridgehead atoms. The summed E-state index contributed by atoms with van der Waals surface area (Å²) in [7, 11) is -3.24. The lowest BCUT2D eigenvalue weighted by atomic mass is 10.1. The minimum absolute atomic E-state index is 0.0209. The third kappa shape index (κ3) is 3.61. The molecule has 0 atom stereocenters. The summed E-state index contributed by atoms with van der Waals surface area (Å²) in [5.74, 6) is 0.0217. The molecular formula is C15H16BrNO2S. The second kappa shape index (κ2) is 5.97. The monoisotopic (exact) mass is 353 g/mol. The summed E-state index contributed by atoms with van der Waals surface area (Å²) in [4.78, 5) is 0. The molecule has 0 unspecified atom stereocenters. The summed E-state index contributed by atoms with van der Waals surface area (Å²) in [6, 6.07) is 12.8. The smallest absolute Gasteiger partial charge is 0.158 e. The number of hydrogen-bond donors (Lipinski definition) is 1. The van der Waals surface area contributed by atoms with E-state index < -0.39 is 9.84 Å². The van der Waals surface area contributed by atoms with E-state index in [1.165, 1.54) is 0 Å². The van der Waals surface area contributed by atoms with Crippen LogP contribution in [0.2, 0.25) is 0 Å². The third-order valence-electron chi connectivity index (χ3n) is 3.12. The minimum atomic E-state index is -3.24. The topological polar surface area (TPSA) is 60.2 Å². The predicted molar refractivity (Wildman–Crippen MR) is 86.1 cm³/mol. The molecule has 0 radical (unpaired) electrons. The summed E-state index contributed by atoms with van der Waals surface area (Å²) in [5, 5.41) is 0. The minimum Gasteiger partial charge on any atom is -0.398 e. The van der Waals surface area contributed by atoms with Gasteiger partial charge in [0.15, 0.2) is 9.84 Å². The zero-order valence-corrected chi connectivity index (χ0v) is 13.5. The van der Waals surface area contributed by atoms with E-state index in [0.717, 1.165) is 11.1 Å². The lowest BCUT2D eigenvalue weighted by Crippen LogP contribution is -2.09. The van der Waals surface area contributed by atoms with Gasteiger partial charge in [0.1, 0.15) is 0 Å². The van der Waals surface area contributed by atoms with E-state index in [4.69, 9.17) is 5.73 Å². The highest BCUT2D eigenvalue weighted by Gasteiger charge is 2.16. The average molecular weight is 354 g/mol. The number of rotatable bonds is 4. The molecule has 106 valence electrons. The lowest BCUT2D eigenvalue weighted by molar-refractivity contribution is 0.594. The molecule has 5 heteroatoms. The molecule has 20 heavy (non-hydrogen) atoms. The Balaban J connectivity index is 2.24. The van der Waals surface area contributed by atoms with E-state index >= 15 is 0 Å². The van der Waals surface area contributed by atoms with Crippen molar-refractivity contribution in [2.24, 2.45) is 0 Å². The predicted octanol–water partition coefficient (Wildman–Crippen LogP) is 3.45. The summed E-state index contributed by atoms with van der Waals surface area (Å²) >= 11 is 3.34. The van der Waals surface area contributed by atoms with Gasteiger partial charge in [-0.1, -0.05) is 36.4 Å². The van der Waals surface area contributed by atoms with Crippen LogP contribution in [0.5, 0.6) is 0 Å². The normalized spacial score (nSPS) is 11.5. The molecule has 0 amide bonds. The van der Waals surface area contributed by atoms with Crippen molar-refractivity contribution in [2.75, 3.05) is 5.73 Å². The lowest BCUT2D eigenvalue weighted by Gasteiger charge is -2.09. The van der Waals surface area contributed by atoms with E-state index in [1.54, 1.807) is 18.2 Å². The van der Waals surface area contributed by atoms with Gasteiger partial charge in [-0.2, -0.15) is 0 Å². The van der Waals surface area contributed by atoms with Crippen LogP contribution in [0.4, 0.5) is 5.69 Å². The highest BCUT2D eigenvalue weighted by molar-refractivity contribution is 9.10. The van der Waals surface area contributed by atoms with Crippen LogP contribution in [0, 0.1) is 6.92 Å². The Labute approximate surface area is 127 Å². The van der Waals surface area contributed by atoms with Gasteiger partial charge in [0, 0.05) is 10.2 Å². The number of sulfone groups is 1. The van der Waals surface area contributed by atoms with Gasteiger partial charge in [0.2, 0.25) is 0 Å². The number of aryl methyl sites for hydroxylation is 1. The zero-order valence-electron chi connectivity index (χ0n) is 11.1. The quantitative estimate of drug-likeness (QED) is 0.856. The van der Waals surface area contributed by atoms with Gasteiger partial charge < -0.3 is 5.73 Å². The molecule has 0 spiro atoms. The Hall–Kier alpha value is -1.33. The fourth-order valence-corrected chi connectivity index (χ4v) is 4.21. The first-order chi connectivity index (χ1) is 9.39. The van der Waals surface area contributed by atoms with E-state index in [0.29, 0.717) is 15.7 Å². The second-order valence-electron chi connectivity index (χ2n) is 4.78. The van der Waals surface area contributed by atoms with Gasteiger partial charge in [-0.25, -0.2) is 8.42 Å². The van der Waals surface area contributed by atoms with Crippen molar-refractivity contribution >= 4 is 31.5 Å². The maximum absolute atomic E-state index is 12.3. The van der Waals surface area contributed by atoms with Crippen LogP contribution >= 0.6 is 15.9 Å². The summed E-state index contributed by atoms with van der Waals surface area (Å²) in [6.07, 6.45) is 0. The molecule has 2 N–H and O–H groups in total. The molecule has 0 aliphatic heterocycles.